The summed E-state index contributed by atoms with van der Waals surface area (Å²) in [5.74, 6) is -0.421. The molecule has 0 atom stereocenters. The van der Waals surface area contributed by atoms with E-state index in [1.807, 2.05) is 30.3 Å². The van der Waals surface area contributed by atoms with E-state index in [0.29, 0.717) is 12.8 Å². The number of carbonyl (C=O) groups is 2. The van der Waals surface area contributed by atoms with Crippen molar-refractivity contribution in [1.82, 2.24) is 0 Å². The van der Waals surface area contributed by atoms with Crippen LogP contribution in [0.2, 0.25) is 0 Å². The van der Waals surface area contributed by atoms with Gasteiger partial charge in [-0.15, -0.1) is 0 Å². The fraction of sp³-hybridized carbons (Fsp3) is 0.733. The van der Waals surface area contributed by atoms with Crippen molar-refractivity contribution in [2.45, 2.75) is 142 Å². The molecule has 0 aliphatic heterocycles. The summed E-state index contributed by atoms with van der Waals surface area (Å²) in [5.41, 5.74) is 0. The molecule has 1 aromatic carbocycles. The molecular formula is C30H51GaO4. The SMILES string of the molecule is CCCCCCCCCCCC(=O)[O][Ga]([O]C(=O)CCCCCCCCCCC)[c]1ccccc1. The second-order valence-corrected chi connectivity index (χ2v) is 13.7. The first-order valence-electron chi connectivity index (χ1n) is 14.6. The maximum absolute atomic E-state index is 12.5. The zero-order chi connectivity index (χ0) is 25.4. The van der Waals surface area contributed by atoms with Crippen molar-refractivity contribution in [2.24, 2.45) is 0 Å². The molecule has 1 aromatic rings. The molecule has 0 saturated carbocycles. The maximum atomic E-state index is 12.5. The van der Waals surface area contributed by atoms with Gasteiger partial charge in [0.2, 0.25) is 0 Å². The van der Waals surface area contributed by atoms with E-state index < -0.39 is 16.9 Å². The van der Waals surface area contributed by atoms with Gasteiger partial charge in [0.05, 0.1) is 0 Å². The van der Waals surface area contributed by atoms with E-state index >= 15 is 0 Å². The molecule has 0 spiro atoms. The fourth-order valence-corrected chi connectivity index (χ4v) is 7.58. The van der Waals surface area contributed by atoms with Crippen LogP contribution in [0.5, 0.6) is 0 Å². The zero-order valence-electron chi connectivity index (χ0n) is 22.7. The van der Waals surface area contributed by atoms with Gasteiger partial charge in [0.15, 0.2) is 0 Å². The van der Waals surface area contributed by atoms with Crippen LogP contribution in [0.3, 0.4) is 0 Å². The van der Waals surface area contributed by atoms with Gasteiger partial charge >= 0.3 is 208 Å². The summed E-state index contributed by atoms with van der Waals surface area (Å²) in [4.78, 5) is 25.0. The Bertz CT molecular complexity index is 599. The topological polar surface area (TPSA) is 52.6 Å². The first-order chi connectivity index (χ1) is 17.2. The third-order valence-corrected chi connectivity index (χ3v) is 10.5. The Balaban J connectivity index is 2.26. The molecule has 198 valence electrons. The van der Waals surface area contributed by atoms with Crippen LogP contribution in [0.25, 0.3) is 0 Å². The summed E-state index contributed by atoms with van der Waals surface area (Å²) in [7, 11) is 0. The molecule has 0 heterocycles. The minimum absolute atomic E-state index is 0.210. The van der Waals surface area contributed by atoms with Gasteiger partial charge in [-0.1, -0.05) is 13.8 Å². The molecule has 0 saturated heterocycles. The van der Waals surface area contributed by atoms with Gasteiger partial charge in [0, 0.05) is 0 Å². The summed E-state index contributed by atoms with van der Waals surface area (Å²) in [6, 6.07) is 9.59. The average Bonchev–Trinajstić information content (AvgIpc) is 2.87. The number of rotatable bonds is 23. The minimum atomic E-state index is -3.14. The van der Waals surface area contributed by atoms with Crippen LogP contribution in [-0.4, -0.2) is 28.9 Å². The average molecular weight is 545 g/mol. The molecule has 0 unspecified atom stereocenters. The van der Waals surface area contributed by atoms with Gasteiger partial charge in [0.25, 0.3) is 0 Å². The molecule has 5 heteroatoms. The van der Waals surface area contributed by atoms with E-state index in [0.717, 1.165) is 29.8 Å². The van der Waals surface area contributed by atoms with Crippen molar-refractivity contribution in [3.8, 4) is 0 Å². The predicted octanol–water partition coefficient (Wildman–Crippen LogP) is 8.31. The van der Waals surface area contributed by atoms with Crippen molar-refractivity contribution < 1.29 is 16.6 Å². The quantitative estimate of drug-likeness (QED) is 0.103. The second kappa shape index (κ2) is 23.2. The van der Waals surface area contributed by atoms with E-state index in [9.17, 15) is 9.59 Å². The Kier molecular flexibility index (Phi) is 21.1. The van der Waals surface area contributed by atoms with Crippen LogP contribution < -0.4 is 4.12 Å². The molecule has 0 aliphatic rings. The molecule has 1 rings (SSSR count). The van der Waals surface area contributed by atoms with Crippen molar-refractivity contribution in [2.75, 3.05) is 0 Å². The molecule has 0 radical (unpaired) electrons. The molecule has 0 bridgehead atoms. The van der Waals surface area contributed by atoms with Crippen LogP contribution in [-0.2, 0) is 16.6 Å². The second-order valence-electron chi connectivity index (χ2n) is 9.88. The summed E-state index contributed by atoms with van der Waals surface area (Å²) in [5, 5.41) is 0. The molecule has 0 aliphatic carbocycles. The predicted molar refractivity (Wildman–Crippen MR) is 148 cm³/mol. The summed E-state index contributed by atoms with van der Waals surface area (Å²) < 4.78 is 12.4. The van der Waals surface area contributed by atoms with E-state index in [-0.39, 0.29) is 11.9 Å². The molecular weight excluding hydrogens is 494 g/mol. The molecule has 0 fully saturated rings. The van der Waals surface area contributed by atoms with E-state index in [2.05, 4.69) is 13.8 Å². The van der Waals surface area contributed by atoms with Crippen LogP contribution in [0, 0.1) is 0 Å². The van der Waals surface area contributed by atoms with Crippen LogP contribution >= 0.6 is 0 Å². The van der Waals surface area contributed by atoms with Gasteiger partial charge in [-0.25, -0.2) is 0 Å². The summed E-state index contributed by atoms with van der Waals surface area (Å²) in [6.07, 6.45) is 22.7. The number of carbonyl (C=O) groups excluding carboxylic acids is 2. The van der Waals surface area contributed by atoms with Gasteiger partial charge < -0.3 is 0 Å². The van der Waals surface area contributed by atoms with E-state index in [1.165, 1.54) is 89.9 Å². The monoisotopic (exact) mass is 544 g/mol. The van der Waals surface area contributed by atoms with E-state index in [1.54, 1.807) is 0 Å². The van der Waals surface area contributed by atoms with Gasteiger partial charge in [0.1, 0.15) is 0 Å². The number of unbranched alkanes of at least 4 members (excludes halogenated alkanes) is 16. The Labute approximate surface area is 221 Å². The zero-order valence-corrected chi connectivity index (χ0v) is 25.2. The Hall–Kier alpha value is -1.20. The summed E-state index contributed by atoms with van der Waals surface area (Å²) >= 11 is -3.14. The first-order valence-corrected chi connectivity index (χ1v) is 17.8. The normalized spacial score (nSPS) is 10.8. The molecule has 0 amide bonds. The van der Waals surface area contributed by atoms with Crippen LogP contribution in [0.1, 0.15) is 142 Å². The number of hydrogen-bond donors (Lipinski definition) is 0. The van der Waals surface area contributed by atoms with Gasteiger partial charge in [-0.2, -0.15) is 0 Å². The van der Waals surface area contributed by atoms with E-state index in [4.69, 9.17) is 7.06 Å². The fourth-order valence-electron chi connectivity index (χ4n) is 4.29. The standard InChI is InChI=1S/2C12H24O2.C6H5.Ga/c2*1-2-3-4-5-6-7-8-9-10-11-12(13)14;1-2-4-6-5-3-1;/h2*2-11H2,1H3,(H,13,14);1-5H;/q;;;+2/p-2. The Morgan fingerprint density at radius 3 is 1.26 bits per heavy atom. The molecule has 35 heavy (non-hydrogen) atoms. The van der Waals surface area contributed by atoms with Gasteiger partial charge in [-0.05, 0) is 0 Å². The summed E-state index contributed by atoms with van der Waals surface area (Å²) in [6.45, 7) is 4.48. The number of hydrogen-bond acceptors (Lipinski definition) is 4. The van der Waals surface area contributed by atoms with Crippen molar-refractivity contribution >= 4 is 33.0 Å². The third kappa shape index (κ3) is 18.7. The Morgan fingerprint density at radius 2 is 0.886 bits per heavy atom. The van der Waals surface area contributed by atoms with Crippen molar-refractivity contribution in [3.63, 3.8) is 0 Å². The Morgan fingerprint density at radius 1 is 0.543 bits per heavy atom. The molecule has 4 nitrogen and oxygen atoms in total. The third-order valence-electron chi connectivity index (χ3n) is 6.52. The van der Waals surface area contributed by atoms with Crippen LogP contribution in [0.15, 0.2) is 30.3 Å². The first kappa shape index (κ1) is 31.8. The van der Waals surface area contributed by atoms with Crippen molar-refractivity contribution in [3.05, 3.63) is 30.3 Å². The molecule has 0 N–H and O–H groups in total. The van der Waals surface area contributed by atoms with Crippen molar-refractivity contribution in [1.29, 1.82) is 0 Å². The van der Waals surface area contributed by atoms with Crippen LogP contribution in [0.4, 0.5) is 0 Å². The van der Waals surface area contributed by atoms with Gasteiger partial charge in [-0.3, -0.25) is 0 Å². The molecule has 0 aromatic heterocycles. The number of benzene rings is 1.